The fourth-order valence-electron chi connectivity index (χ4n) is 2.37. The van der Waals surface area contributed by atoms with Gasteiger partial charge in [-0.2, -0.15) is 0 Å². The predicted octanol–water partition coefficient (Wildman–Crippen LogP) is 3.42. The standard InChI is InChI=1S/C19H13NO6/c21-10-14-5-7-17(26-14)11-2-1-3-12(8-11)18(23)20-13-4-6-16(22)15(9-13)19(24)25/h1-10,22H,(H,20,23)(H,24,25). The third-order valence-electron chi connectivity index (χ3n) is 3.64. The molecule has 3 aromatic rings. The molecule has 0 radical (unpaired) electrons. The molecule has 7 heteroatoms. The first-order valence-corrected chi connectivity index (χ1v) is 7.51. The Morgan fingerprint density at radius 2 is 1.85 bits per heavy atom. The van der Waals surface area contributed by atoms with Crippen molar-refractivity contribution in [1.82, 2.24) is 0 Å². The van der Waals surface area contributed by atoms with E-state index < -0.39 is 11.9 Å². The number of aromatic hydroxyl groups is 1. The molecule has 130 valence electrons. The van der Waals surface area contributed by atoms with E-state index in [0.717, 1.165) is 0 Å². The normalized spacial score (nSPS) is 10.3. The highest BCUT2D eigenvalue weighted by molar-refractivity contribution is 6.05. The second-order valence-electron chi connectivity index (χ2n) is 5.39. The van der Waals surface area contributed by atoms with Crippen molar-refractivity contribution in [3.05, 3.63) is 71.5 Å². The summed E-state index contributed by atoms with van der Waals surface area (Å²) in [4.78, 5) is 34.2. The second-order valence-corrected chi connectivity index (χ2v) is 5.39. The number of aldehydes is 1. The Labute approximate surface area is 147 Å². The largest absolute Gasteiger partial charge is 0.507 e. The van der Waals surface area contributed by atoms with Crippen LogP contribution < -0.4 is 5.32 Å². The number of phenols is 1. The fourth-order valence-corrected chi connectivity index (χ4v) is 2.37. The third kappa shape index (κ3) is 3.46. The minimum atomic E-state index is -1.30. The number of aromatic carboxylic acids is 1. The van der Waals surface area contributed by atoms with Gasteiger partial charge in [-0.3, -0.25) is 9.59 Å². The van der Waals surface area contributed by atoms with Crippen molar-refractivity contribution in [2.24, 2.45) is 0 Å². The van der Waals surface area contributed by atoms with Crippen LogP contribution in [-0.2, 0) is 0 Å². The number of carboxylic acids is 1. The van der Waals surface area contributed by atoms with Crippen molar-refractivity contribution in [3.8, 4) is 17.1 Å². The van der Waals surface area contributed by atoms with E-state index in [9.17, 15) is 19.5 Å². The highest BCUT2D eigenvalue weighted by Gasteiger charge is 2.13. The summed E-state index contributed by atoms with van der Waals surface area (Å²) in [5, 5.41) is 21.1. The van der Waals surface area contributed by atoms with Crippen LogP contribution in [0.15, 0.2) is 59.0 Å². The fraction of sp³-hybridized carbons (Fsp3) is 0. The van der Waals surface area contributed by atoms with Crippen LogP contribution in [0.2, 0.25) is 0 Å². The molecular formula is C19H13NO6. The van der Waals surface area contributed by atoms with Crippen molar-refractivity contribution in [2.45, 2.75) is 0 Å². The molecule has 0 aliphatic heterocycles. The van der Waals surface area contributed by atoms with E-state index in [4.69, 9.17) is 9.52 Å². The zero-order chi connectivity index (χ0) is 18.7. The molecule has 1 aromatic heterocycles. The lowest BCUT2D eigenvalue weighted by molar-refractivity contribution is 0.0693. The maximum atomic E-state index is 12.4. The number of carbonyl (C=O) groups is 3. The molecule has 0 atom stereocenters. The Bertz CT molecular complexity index is 1000. The maximum Gasteiger partial charge on any atom is 0.339 e. The summed E-state index contributed by atoms with van der Waals surface area (Å²) in [6, 6.07) is 13.5. The van der Waals surface area contributed by atoms with Crippen LogP contribution in [0.4, 0.5) is 5.69 Å². The number of anilines is 1. The second kappa shape index (κ2) is 6.94. The molecule has 0 saturated carbocycles. The van der Waals surface area contributed by atoms with E-state index in [-0.39, 0.29) is 22.8 Å². The Balaban J connectivity index is 1.84. The zero-order valence-corrected chi connectivity index (χ0v) is 13.3. The van der Waals surface area contributed by atoms with E-state index in [2.05, 4.69) is 5.32 Å². The molecule has 7 nitrogen and oxygen atoms in total. The molecule has 3 rings (SSSR count). The Morgan fingerprint density at radius 1 is 1.04 bits per heavy atom. The molecule has 1 heterocycles. The van der Waals surface area contributed by atoms with Crippen molar-refractivity contribution in [3.63, 3.8) is 0 Å². The Kier molecular flexibility index (Phi) is 4.53. The number of amides is 1. The van der Waals surface area contributed by atoms with Gasteiger partial charge in [-0.25, -0.2) is 4.79 Å². The summed E-state index contributed by atoms with van der Waals surface area (Å²) < 4.78 is 5.33. The average molecular weight is 351 g/mol. The van der Waals surface area contributed by atoms with Gasteiger partial charge in [-0.15, -0.1) is 0 Å². The number of carbonyl (C=O) groups excluding carboxylic acids is 2. The number of benzene rings is 2. The van der Waals surface area contributed by atoms with Gasteiger partial charge in [-0.1, -0.05) is 12.1 Å². The van der Waals surface area contributed by atoms with Crippen molar-refractivity contribution >= 4 is 23.9 Å². The van der Waals surface area contributed by atoms with Gasteiger partial charge in [-0.05, 0) is 42.5 Å². The molecule has 26 heavy (non-hydrogen) atoms. The van der Waals surface area contributed by atoms with Crippen LogP contribution in [0.5, 0.6) is 5.75 Å². The van der Waals surface area contributed by atoms with Gasteiger partial charge in [0.1, 0.15) is 17.1 Å². The maximum absolute atomic E-state index is 12.4. The Morgan fingerprint density at radius 3 is 2.54 bits per heavy atom. The molecular weight excluding hydrogens is 338 g/mol. The molecule has 0 spiro atoms. The topological polar surface area (TPSA) is 117 Å². The minimum Gasteiger partial charge on any atom is -0.507 e. The highest BCUT2D eigenvalue weighted by Crippen LogP contribution is 2.24. The molecule has 0 aliphatic carbocycles. The molecule has 0 aliphatic rings. The molecule has 0 unspecified atom stereocenters. The lowest BCUT2D eigenvalue weighted by Crippen LogP contribution is -2.12. The predicted molar refractivity (Wildman–Crippen MR) is 92.6 cm³/mol. The lowest BCUT2D eigenvalue weighted by atomic mass is 10.1. The van der Waals surface area contributed by atoms with Crippen molar-refractivity contribution in [2.75, 3.05) is 5.32 Å². The van der Waals surface area contributed by atoms with Gasteiger partial charge in [0.05, 0.1) is 0 Å². The lowest BCUT2D eigenvalue weighted by Gasteiger charge is -2.08. The van der Waals surface area contributed by atoms with Gasteiger partial charge in [0.2, 0.25) is 0 Å². The molecule has 0 bridgehead atoms. The van der Waals surface area contributed by atoms with Gasteiger partial charge in [0, 0.05) is 16.8 Å². The number of furan rings is 1. The van der Waals surface area contributed by atoms with Crippen LogP contribution >= 0.6 is 0 Å². The van der Waals surface area contributed by atoms with E-state index in [1.165, 1.54) is 24.3 Å². The minimum absolute atomic E-state index is 0.181. The number of hydrogen-bond donors (Lipinski definition) is 3. The van der Waals surface area contributed by atoms with Crippen LogP contribution in [0, 0.1) is 0 Å². The van der Waals surface area contributed by atoms with Gasteiger partial charge in [0.25, 0.3) is 5.91 Å². The summed E-state index contributed by atoms with van der Waals surface area (Å²) in [6.45, 7) is 0. The van der Waals surface area contributed by atoms with Crippen LogP contribution in [0.3, 0.4) is 0 Å². The van der Waals surface area contributed by atoms with Crippen LogP contribution in [0.25, 0.3) is 11.3 Å². The SMILES string of the molecule is O=Cc1ccc(-c2cccc(C(=O)Nc3ccc(O)c(C(=O)O)c3)c2)o1. The van der Waals surface area contributed by atoms with E-state index in [1.807, 2.05) is 0 Å². The summed E-state index contributed by atoms with van der Waals surface area (Å²) in [5.41, 5.74) is 0.851. The van der Waals surface area contributed by atoms with Crippen LogP contribution in [-0.4, -0.2) is 28.4 Å². The van der Waals surface area contributed by atoms with Gasteiger partial charge < -0.3 is 19.9 Å². The quantitative estimate of drug-likeness (QED) is 0.479. The van der Waals surface area contributed by atoms with Gasteiger partial charge >= 0.3 is 5.97 Å². The third-order valence-corrected chi connectivity index (χ3v) is 3.64. The Hall–Kier alpha value is -3.87. The highest BCUT2D eigenvalue weighted by atomic mass is 16.4. The number of hydrogen-bond acceptors (Lipinski definition) is 5. The summed E-state index contributed by atoms with van der Waals surface area (Å²) >= 11 is 0. The first-order valence-electron chi connectivity index (χ1n) is 7.51. The first-order chi connectivity index (χ1) is 12.5. The summed E-state index contributed by atoms with van der Waals surface area (Å²) in [6.07, 6.45) is 0.588. The van der Waals surface area contributed by atoms with Crippen molar-refractivity contribution in [1.29, 1.82) is 0 Å². The molecule has 0 fully saturated rings. The van der Waals surface area contributed by atoms with Crippen LogP contribution in [0.1, 0.15) is 31.3 Å². The number of rotatable bonds is 5. The van der Waals surface area contributed by atoms with Gasteiger partial charge in [0.15, 0.2) is 12.0 Å². The van der Waals surface area contributed by atoms with E-state index >= 15 is 0 Å². The molecule has 0 saturated heterocycles. The number of carboxylic acid groups (broad SMARTS) is 1. The smallest absolute Gasteiger partial charge is 0.339 e. The number of nitrogens with one attached hydrogen (secondary N) is 1. The van der Waals surface area contributed by atoms with Crippen molar-refractivity contribution < 1.29 is 29.0 Å². The average Bonchev–Trinajstić information content (AvgIpc) is 3.12. The first kappa shape index (κ1) is 17.0. The zero-order valence-electron chi connectivity index (χ0n) is 13.3. The molecule has 1 amide bonds. The monoisotopic (exact) mass is 351 g/mol. The van der Waals surface area contributed by atoms with E-state index in [1.54, 1.807) is 30.3 Å². The molecule has 2 aromatic carbocycles. The summed E-state index contributed by atoms with van der Waals surface area (Å²) in [7, 11) is 0. The summed E-state index contributed by atoms with van der Waals surface area (Å²) in [5.74, 6) is -1.53. The van der Waals surface area contributed by atoms with E-state index in [0.29, 0.717) is 23.2 Å². The molecule has 3 N–H and O–H groups in total.